The zero-order valence-corrected chi connectivity index (χ0v) is 14.1. The molecule has 0 aliphatic rings. The minimum Gasteiger partial charge on any atom is -0.479 e. The molecule has 0 aliphatic heterocycles. The van der Waals surface area contributed by atoms with Gasteiger partial charge in [-0.15, -0.1) is 0 Å². The van der Waals surface area contributed by atoms with Gasteiger partial charge in [0.05, 0.1) is 26.4 Å². The zero-order valence-electron chi connectivity index (χ0n) is 14.1. The van der Waals surface area contributed by atoms with Crippen molar-refractivity contribution in [2.75, 3.05) is 26.4 Å². The van der Waals surface area contributed by atoms with Gasteiger partial charge in [0.2, 0.25) is 0 Å². The van der Waals surface area contributed by atoms with Gasteiger partial charge in [-0.2, -0.15) is 0 Å². The van der Waals surface area contributed by atoms with Gasteiger partial charge in [-0.05, 0) is 0 Å². The van der Waals surface area contributed by atoms with E-state index in [-0.39, 0.29) is 0 Å². The molecule has 0 saturated carbocycles. The third kappa shape index (κ3) is 25.8. The average molecular weight is 424 g/mol. The topological polar surface area (TPSA) is 311 Å². The number of hydrogen-bond acceptors (Lipinski definition) is 12. The summed E-state index contributed by atoms with van der Waals surface area (Å²) in [4.78, 5) is 38.1. The van der Waals surface area contributed by atoms with Crippen LogP contribution in [0.3, 0.4) is 0 Å². The van der Waals surface area contributed by atoms with E-state index in [2.05, 4.69) is 0 Å². The molecule has 0 radical (unpaired) electrons. The molecule has 28 heavy (non-hydrogen) atoms. The molecular weight excluding hydrogens is 400 g/mol. The molecule has 16 nitrogen and oxygen atoms in total. The fraction of sp³-hybridized carbons (Fsp3) is 0.667. The summed E-state index contributed by atoms with van der Waals surface area (Å²) < 4.78 is 0. The maximum atomic E-state index is 9.52. The van der Waals surface area contributed by atoms with Crippen LogP contribution in [0.25, 0.3) is 0 Å². The lowest BCUT2D eigenvalue weighted by molar-refractivity contribution is -0.149. The normalized spacial score (nSPS) is 13.4. The highest BCUT2D eigenvalue weighted by molar-refractivity contribution is 5.72. The van der Waals surface area contributed by atoms with E-state index in [1.165, 1.54) is 0 Å². The van der Waals surface area contributed by atoms with Crippen LogP contribution in [0.4, 0.5) is 0 Å². The second-order valence-corrected chi connectivity index (χ2v) is 4.15. The van der Waals surface area contributed by atoms with Gasteiger partial charge in [-0.1, -0.05) is 0 Å². The molecule has 168 valence electrons. The Morgan fingerprint density at radius 2 is 0.536 bits per heavy atom. The first-order valence-corrected chi connectivity index (χ1v) is 6.80. The van der Waals surface area contributed by atoms with E-state index in [0.29, 0.717) is 0 Å². The molecule has 4 atom stereocenters. The van der Waals surface area contributed by atoms with Crippen LogP contribution in [0.15, 0.2) is 0 Å². The minimum absolute atomic E-state index is 0.727. The third-order valence-corrected chi connectivity index (χ3v) is 1.83. The predicted octanol–water partition coefficient (Wildman–Crippen LogP) is -6.30. The molecular formula is C12H24O16. The van der Waals surface area contributed by atoms with E-state index in [4.69, 9.17) is 61.3 Å². The standard InChI is InChI=1S/4C3H6O4/c4*4-1-2(5)3(6)7/h4*2,4-5H,1H2,(H,6,7). The van der Waals surface area contributed by atoms with E-state index < -0.39 is 74.7 Å². The lowest BCUT2D eigenvalue weighted by Crippen LogP contribution is -2.22. The van der Waals surface area contributed by atoms with E-state index in [1.54, 1.807) is 0 Å². The predicted molar refractivity (Wildman–Crippen MR) is 82.9 cm³/mol. The van der Waals surface area contributed by atoms with Crippen molar-refractivity contribution in [1.29, 1.82) is 0 Å². The molecule has 4 unspecified atom stereocenters. The third-order valence-electron chi connectivity index (χ3n) is 1.83. The summed E-state index contributed by atoms with van der Waals surface area (Å²) in [6.45, 7) is -2.91. The highest BCUT2D eigenvalue weighted by Gasteiger charge is 2.10. The first-order valence-electron chi connectivity index (χ1n) is 6.80. The first kappa shape index (κ1) is 33.2. The molecule has 0 aromatic carbocycles. The smallest absolute Gasteiger partial charge is 0.334 e. The Morgan fingerprint density at radius 3 is 0.536 bits per heavy atom. The Kier molecular flexibility index (Phi) is 24.7. The summed E-state index contributed by atoms with van der Waals surface area (Å²) in [6.07, 6.45) is -6.50. The van der Waals surface area contributed by atoms with Crippen LogP contribution in [0.5, 0.6) is 0 Å². The molecule has 0 aliphatic carbocycles. The van der Waals surface area contributed by atoms with Crippen molar-refractivity contribution >= 4 is 23.9 Å². The lowest BCUT2D eigenvalue weighted by atomic mass is 10.4. The SMILES string of the molecule is O=C(O)C(O)CO.O=C(O)C(O)CO.O=C(O)C(O)CO.O=C(O)C(O)CO. The Balaban J connectivity index is -0.000000137. The van der Waals surface area contributed by atoms with Gasteiger partial charge in [-0.25, -0.2) is 19.2 Å². The van der Waals surface area contributed by atoms with Crippen LogP contribution in [-0.4, -0.2) is 136 Å². The van der Waals surface area contributed by atoms with Gasteiger partial charge in [0, 0.05) is 0 Å². The maximum absolute atomic E-state index is 9.52. The molecule has 0 spiro atoms. The van der Waals surface area contributed by atoms with Gasteiger partial charge in [0.25, 0.3) is 0 Å². The molecule has 0 saturated heterocycles. The number of carboxylic acid groups (broad SMARTS) is 4. The number of carbonyl (C=O) groups is 4. The van der Waals surface area contributed by atoms with Gasteiger partial charge in [0.1, 0.15) is 0 Å². The molecule has 0 amide bonds. The molecule has 0 aromatic rings. The van der Waals surface area contributed by atoms with Crippen LogP contribution < -0.4 is 0 Å². The zero-order chi connectivity index (χ0) is 23.4. The largest absolute Gasteiger partial charge is 0.479 e. The van der Waals surface area contributed by atoms with Crippen molar-refractivity contribution in [3.05, 3.63) is 0 Å². The first-order chi connectivity index (χ1) is 12.7. The second kappa shape index (κ2) is 20.9. The Labute approximate surface area is 156 Å². The minimum atomic E-state index is -1.63. The van der Waals surface area contributed by atoms with Crippen molar-refractivity contribution in [2.45, 2.75) is 24.4 Å². The highest BCUT2D eigenvalue weighted by Crippen LogP contribution is 1.77. The summed E-state index contributed by atoms with van der Waals surface area (Å²) in [7, 11) is 0. The van der Waals surface area contributed by atoms with Gasteiger partial charge < -0.3 is 61.3 Å². The Hall–Kier alpha value is -2.44. The highest BCUT2D eigenvalue weighted by atomic mass is 16.4. The maximum Gasteiger partial charge on any atom is 0.334 e. The molecule has 0 rings (SSSR count). The quantitative estimate of drug-likeness (QED) is 0.172. The van der Waals surface area contributed by atoms with Gasteiger partial charge >= 0.3 is 23.9 Å². The number of aliphatic hydroxyl groups is 8. The number of rotatable bonds is 8. The number of aliphatic carboxylic acids is 4. The number of carboxylic acids is 4. The molecule has 12 N–H and O–H groups in total. The molecule has 0 heterocycles. The summed E-state index contributed by atoms with van der Waals surface area (Å²) in [5.41, 5.74) is 0. The van der Waals surface area contributed by atoms with Crippen molar-refractivity contribution in [1.82, 2.24) is 0 Å². The molecule has 0 fully saturated rings. The molecule has 0 aromatic heterocycles. The van der Waals surface area contributed by atoms with Crippen molar-refractivity contribution in [3.63, 3.8) is 0 Å². The molecule has 16 heteroatoms. The fourth-order valence-electron chi connectivity index (χ4n) is 0.312. The van der Waals surface area contributed by atoms with Crippen LogP contribution in [0.1, 0.15) is 0 Å². The summed E-state index contributed by atoms with van der Waals surface area (Å²) in [5.74, 6) is -5.60. The summed E-state index contributed by atoms with van der Waals surface area (Å²) in [5, 5.41) is 94.9. The van der Waals surface area contributed by atoms with E-state index in [9.17, 15) is 19.2 Å². The summed E-state index contributed by atoms with van der Waals surface area (Å²) in [6, 6.07) is 0. The monoisotopic (exact) mass is 424 g/mol. The van der Waals surface area contributed by atoms with Crippen LogP contribution in [-0.2, 0) is 19.2 Å². The average Bonchev–Trinajstić information content (AvgIpc) is 2.66. The fourth-order valence-corrected chi connectivity index (χ4v) is 0.312. The number of hydrogen-bond donors (Lipinski definition) is 12. The van der Waals surface area contributed by atoms with E-state index in [0.717, 1.165) is 0 Å². The van der Waals surface area contributed by atoms with Crippen LogP contribution in [0.2, 0.25) is 0 Å². The lowest BCUT2D eigenvalue weighted by Gasteiger charge is -1.95. The van der Waals surface area contributed by atoms with Gasteiger partial charge in [-0.3, -0.25) is 0 Å². The van der Waals surface area contributed by atoms with Crippen LogP contribution >= 0.6 is 0 Å². The summed E-state index contributed by atoms with van der Waals surface area (Å²) >= 11 is 0. The van der Waals surface area contributed by atoms with Gasteiger partial charge in [0.15, 0.2) is 24.4 Å². The number of aliphatic hydroxyl groups excluding tert-OH is 8. The Morgan fingerprint density at radius 1 is 0.429 bits per heavy atom. The van der Waals surface area contributed by atoms with Crippen molar-refractivity contribution in [3.8, 4) is 0 Å². The van der Waals surface area contributed by atoms with Crippen molar-refractivity contribution in [2.24, 2.45) is 0 Å². The van der Waals surface area contributed by atoms with E-state index in [1.807, 2.05) is 0 Å². The van der Waals surface area contributed by atoms with E-state index >= 15 is 0 Å². The van der Waals surface area contributed by atoms with Crippen LogP contribution in [0, 0.1) is 0 Å². The second-order valence-electron chi connectivity index (χ2n) is 4.15. The van der Waals surface area contributed by atoms with Crippen molar-refractivity contribution < 1.29 is 80.5 Å². The Bertz CT molecular complexity index is 357. The molecule has 0 bridgehead atoms.